The molecule has 0 aliphatic carbocycles. The Bertz CT molecular complexity index is 535. The van der Waals surface area contributed by atoms with Crippen LogP contribution in [0.4, 0.5) is 5.95 Å². The highest BCUT2D eigenvalue weighted by Gasteiger charge is 2.02. The van der Waals surface area contributed by atoms with E-state index < -0.39 is 0 Å². The lowest BCUT2D eigenvalue weighted by atomic mass is 10.2. The summed E-state index contributed by atoms with van der Waals surface area (Å²) < 4.78 is 1.34. The number of aromatic nitrogens is 3. The molecule has 0 unspecified atom stereocenters. The zero-order valence-electron chi connectivity index (χ0n) is 10.6. The normalized spacial score (nSPS) is 9.79. The number of nitrogens with one attached hydrogen (secondary N) is 1. The number of halogens is 2. The molecule has 0 radical (unpaired) electrons. The van der Waals surface area contributed by atoms with Crippen LogP contribution in [-0.4, -0.2) is 21.1 Å². The average Bonchev–Trinajstić information content (AvgIpc) is 2.64. The minimum absolute atomic E-state index is 0. The third kappa shape index (κ3) is 4.42. The minimum Gasteiger partial charge on any atom is -0.335 e. The van der Waals surface area contributed by atoms with E-state index in [4.69, 9.17) is 5.84 Å². The Morgan fingerprint density at radius 3 is 2.32 bits per heavy atom. The first kappa shape index (κ1) is 17.2. The lowest BCUT2D eigenvalue weighted by Crippen LogP contribution is -2.13. The predicted molar refractivity (Wildman–Crippen MR) is 81.8 cm³/mol. The molecule has 8 heteroatoms. The number of nitrogens with zero attached hydrogens (tertiary/aromatic N) is 4. The molecule has 19 heavy (non-hydrogen) atoms. The Morgan fingerprint density at radius 2 is 1.79 bits per heavy atom. The second-order valence-electron chi connectivity index (χ2n) is 3.72. The van der Waals surface area contributed by atoms with E-state index in [1.165, 1.54) is 10.2 Å². The van der Waals surface area contributed by atoms with Gasteiger partial charge in [-0.1, -0.05) is 29.8 Å². The van der Waals surface area contributed by atoms with E-state index in [2.05, 4.69) is 20.7 Å². The van der Waals surface area contributed by atoms with Gasteiger partial charge in [-0.05, 0) is 19.4 Å². The summed E-state index contributed by atoms with van der Waals surface area (Å²) in [5, 5.41) is 11.7. The number of hydrazone groups is 1. The van der Waals surface area contributed by atoms with Gasteiger partial charge in [0.15, 0.2) is 5.82 Å². The highest BCUT2D eigenvalue weighted by molar-refractivity contribution is 5.85. The summed E-state index contributed by atoms with van der Waals surface area (Å²) in [4.78, 5) is 0. The number of nitrogen functional groups attached to an aromatic ring is 1. The summed E-state index contributed by atoms with van der Waals surface area (Å²) in [6.45, 7) is 3.81. The van der Waals surface area contributed by atoms with Gasteiger partial charge in [-0.15, -0.1) is 35.0 Å². The summed E-state index contributed by atoms with van der Waals surface area (Å²) in [6, 6.07) is 8.02. The Balaban J connectivity index is 0.00000162. The van der Waals surface area contributed by atoms with Crippen molar-refractivity contribution in [1.29, 1.82) is 0 Å². The number of benzene rings is 1. The van der Waals surface area contributed by atoms with Crippen LogP contribution in [-0.2, 0) is 0 Å². The highest BCUT2D eigenvalue weighted by Crippen LogP contribution is 2.02. The van der Waals surface area contributed by atoms with E-state index in [0.29, 0.717) is 11.8 Å². The summed E-state index contributed by atoms with van der Waals surface area (Å²) in [5.74, 6) is 6.69. The second kappa shape index (κ2) is 7.60. The van der Waals surface area contributed by atoms with Gasteiger partial charge in [0.1, 0.15) is 0 Å². The number of nitrogens with two attached hydrogens (primary N) is 1. The summed E-state index contributed by atoms with van der Waals surface area (Å²) >= 11 is 0. The fraction of sp³-hybridized carbons (Fsp3) is 0.182. The maximum absolute atomic E-state index is 5.66. The van der Waals surface area contributed by atoms with Gasteiger partial charge >= 0.3 is 0 Å². The molecular weight excluding hydrogens is 287 g/mol. The van der Waals surface area contributed by atoms with Crippen LogP contribution in [0.15, 0.2) is 29.4 Å². The Morgan fingerprint density at radius 1 is 1.16 bits per heavy atom. The number of rotatable bonds is 3. The number of aryl methyl sites for hydroxylation is 2. The molecule has 6 nitrogen and oxygen atoms in total. The molecule has 0 saturated heterocycles. The van der Waals surface area contributed by atoms with Gasteiger partial charge in [0.25, 0.3) is 5.95 Å². The molecule has 104 valence electrons. The van der Waals surface area contributed by atoms with Crippen LogP contribution < -0.4 is 11.3 Å². The Hall–Kier alpha value is -1.79. The van der Waals surface area contributed by atoms with Gasteiger partial charge in [0, 0.05) is 0 Å². The van der Waals surface area contributed by atoms with Gasteiger partial charge in [-0.25, -0.2) is 10.1 Å². The zero-order valence-corrected chi connectivity index (χ0v) is 12.2. The molecule has 0 spiro atoms. The summed E-state index contributed by atoms with van der Waals surface area (Å²) in [6.07, 6.45) is 1.70. The lowest BCUT2D eigenvalue weighted by Gasteiger charge is -1.99. The molecule has 1 aromatic carbocycles. The molecule has 1 aromatic heterocycles. The number of anilines is 1. The fourth-order valence-corrected chi connectivity index (χ4v) is 1.26. The smallest absolute Gasteiger partial charge is 0.263 e. The quantitative estimate of drug-likeness (QED) is 0.515. The van der Waals surface area contributed by atoms with Crippen LogP contribution in [0.3, 0.4) is 0 Å². The monoisotopic (exact) mass is 302 g/mol. The van der Waals surface area contributed by atoms with Crippen molar-refractivity contribution < 1.29 is 0 Å². The Labute approximate surface area is 123 Å². The first-order valence-electron chi connectivity index (χ1n) is 5.19. The van der Waals surface area contributed by atoms with Gasteiger partial charge < -0.3 is 5.84 Å². The molecule has 3 N–H and O–H groups in total. The van der Waals surface area contributed by atoms with E-state index in [1.54, 1.807) is 13.1 Å². The molecular formula is C11H16Cl2N6. The minimum atomic E-state index is 0. The molecule has 2 aromatic rings. The van der Waals surface area contributed by atoms with Crippen molar-refractivity contribution in [1.82, 2.24) is 14.9 Å². The molecule has 0 bridgehead atoms. The molecule has 1 heterocycles. The number of hydrogen-bond donors (Lipinski definition) is 2. The topological polar surface area (TPSA) is 81.1 Å². The van der Waals surface area contributed by atoms with Crippen LogP contribution in [0.5, 0.6) is 0 Å². The van der Waals surface area contributed by atoms with Gasteiger partial charge in [0.05, 0.1) is 6.21 Å². The van der Waals surface area contributed by atoms with Gasteiger partial charge in [-0.2, -0.15) is 5.10 Å². The van der Waals surface area contributed by atoms with E-state index in [-0.39, 0.29) is 24.8 Å². The second-order valence-corrected chi connectivity index (χ2v) is 3.72. The first-order chi connectivity index (χ1) is 8.16. The van der Waals surface area contributed by atoms with Crippen molar-refractivity contribution >= 4 is 37.0 Å². The molecule has 2 rings (SSSR count). The number of hydrogen-bond acceptors (Lipinski definition) is 5. The Kier molecular flexibility index (Phi) is 6.89. The zero-order chi connectivity index (χ0) is 12.3. The van der Waals surface area contributed by atoms with Crippen molar-refractivity contribution in [2.45, 2.75) is 13.8 Å². The molecule has 0 saturated carbocycles. The molecule has 0 aliphatic rings. The van der Waals surface area contributed by atoms with Crippen molar-refractivity contribution in [2.24, 2.45) is 5.10 Å². The highest BCUT2D eigenvalue weighted by atomic mass is 35.5. The average molecular weight is 303 g/mol. The van der Waals surface area contributed by atoms with Crippen molar-refractivity contribution in [2.75, 3.05) is 11.3 Å². The van der Waals surface area contributed by atoms with Crippen molar-refractivity contribution in [3.63, 3.8) is 0 Å². The van der Waals surface area contributed by atoms with Crippen LogP contribution in [0.1, 0.15) is 17.0 Å². The van der Waals surface area contributed by atoms with Crippen LogP contribution in [0, 0.1) is 13.8 Å². The molecule has 0 aliphatic heterocycles. The third-order valence-electron chi connectivity index (χ3n) is 2.32. The van der Waals surface area contributed by atoms with Crippen molar-refractivity contribution in [3.8, 4) is 0 Å². The SMILES string of the molecule is Cc1ccc(C=NNc2nnc(C)n2N)cc1.Cl.Cl. The maximum atomic E-state index is 5.66. The van der Waals surface area contributed by atoms with E-state index in [9.17, 15) is 0 Å². The molecule has 0 atom stereocenters. The maximum Gasteiger partial charge on any atom is 0.263 e. The predicted octanol–water partition coefficient (Wildman–Crippen LogP) is 1.90. The standard InChI is InChI=1S/C11H14N6.2ClH/c1-8-3-5-10(6-4-8)7-13-15-11-16-14-9(2)17(11)12;;/h3-7H,12H2,1-2H3,(H,15,16);2*1H. The van der Waals surface area contributed by atoms with Gasteiger partial charge in [0.2, 0.25) is 0 Å². The lowest BCUT2D eigenvalue weighted by molar-refractivity contribution is 0.926. The summed E-state index contributed by atoms with van der Waals surface area (Å²) in [7, 11) is 0. The molecule has 0 fully saturated rings. The summed E-state index contributed by atoms with van der Waals surface area (Å²) in [5.41, 5.74) is 4.95. The van der Waals surface area contributed by atoms with Crippen LogP contribution >= 0.6 is 24.8 Å². The third-order valence-corrected chi connectivity index (χ3v) is 2.32. The van der Waals surface area contributed by atoms with Crippen LogP contribution in [0.25, 0.3) is 0 Å². The van der Waals surface area contributed by atoms with E-state index >= 15 is 0 Å². The first-order valence-corrected chi connectivity index (χ1v) is 5.19. The van der Waals surface area contributed by atoms with E-state index in [0.717, 1.165) is 5.56 Å². The molecule has 0 amide bonds. The fourth-order valence-electron chi connectivity index (χ4n) is 1.26. The van der Waals surface area contributed by atoms with Crippen molar-refractivity contribution in [3.05, 3.63) is 41.2 Å². The van der Waals surface area contributed by atoms with Crippen LogP contribution in [0.2, 0.25) is 0 Å². The largest absolute Gasteiger partial charge is 0.335 e. The van der Waals surface area contributed by atoms with E-state index in [1.807, 2.05) is 31.2 Å². The van der Waals surface area contributed by atoms with Gasteiger partial charge in [-0.3, -0.25) is 0 Å².